The Hall–Kier alpha value is -3.19. The van der Waals surface area contributed by atoms with Crippen LogP contribution >= 0.6 is 11.8 Å². The third kappa shape index (κ3) is 6.17. The van der Waals surface area contributed by atoms with Gasteiger partial charge in [-0.1, -0.05) is 55.4 Å². The van der Waals surface area contributed by atoms with Gasteiger partial charge in [-0.05, 0) is 43.2 Å². The molecule has 6 nitrogen and oxygen atoms in total. The van der Waals surface area contributed by atoms with Crippen molar-refractivity contribution in [1.29, 1.82) is 0 Å². The molecule has 3 rings (SSSR count). The number of nitrogens with zero attached hydrogens (tertiary/aromatic N) is 3. The molecule has 0 saturated heterocycles. The third-order valence-corrected chi connectivity index (χ3v) is 5.69. The normalized spacial score (nSPS) is 10.9. The van der Waals surface area contributed by atoms with Crippen molar-refractivity contribution in [2.75, 3.05) is 11.1 Å². The summed E-state index contributed by atoms with van der Waals surface area (Å²) in [6, 6.07) is 15.1. The molecular formula is C25H28N4O2S. The smallest absolute Gasteiger partial charge is 0.224 e. The van der Waals surface area contributed by atoms with Gasteiger partial charge in [-0.3, -0.25) is 14.2 Å². The van der Waals surface area contributed by atoms with Crippen molar-refractivity contribution >= 4 is 29.1 Å². The topological polar surface area (TPSA) is 76.9 Å². The number of Topliss-reactive ketones (excluding diaryl/α,β-unsaturated/α-hetero) is 1. The van der Waals surface area contributed by atoms with Gasteiger partial charge in [-0.15, -0.1) is 16.8 Å². The molecule has 1 heterocycles. The zero-order valence-corrected chi connectivity index (χ0v) is 19.5. The number of aryl methyl sites for hydroxylation is 1. The Labute approximate surface area is 193 Å². The molecule has 0 unspecified atom stereocenters. The van der Waals surface area contributed by atoms with Gasteiger partial charge in [0.2, 0.25) is 5.91 Å². The first-order valence-electron chi connectivity index (χ1n) is 10.5. The number of anilines is 1. The maximum atomic E-state index is 12.7. The van der Waals surface area contributed by atoms with Crippen molar-refractivity contribution in [3.05, 3.63) is 72.3 Å². The lowest BCUT2D eigenvalue weighted by molar-refractivity contribution is -0.116. The standard InChI is InChI=1S/C25H28N4O2S/c1-5-13-29-24(20-8-6-7-18(4)15-20)27-28-25(29)32-16-22(30)19-9-11-21(12-10-19)26-23(31)14-17(2)3/h5-12,15,17H,1,13-14,16H2,2-4H3,(H,26,31). The van der Waals surface area contributed by atoms with Crippen molar-refractivity contribution in [2.24, 2.45) is 5.92 Å². The highest BCUT2D eigenvalue weighted by Gasteiger charge is 2.16. The Kier molecular flexibility index (Phi) is 8.00. The van der Waals surface area contributed by atoms with Gasteiger partial charge in [-0.2, -0.15) is 0 Å². The summed E-state index contributed by atoms with van der Waals surface area (Å²) in [4.78, 5) is 24.6. The van der Waals surface area contributed by atoms with Crippen LogP contribution in [0.4, 0.5) is 5.69 Å². The van der Waals surface area contributed by atoms with E-state index in [1.165, 1.54) is 11.8 Å². The number of carbonyl (C=O) groups excluding carboxylic acids is 2. The summed E-state index contributed by atoms with van der Waals surface area (Å²) in [7, 11) is 0. The fourth-order valence-corrected chi connectivity index (χ4v) is 4.06. The van der Waals surface area contributed by atoms with Crippen LogP contribution in [0.2, 0.25) is 0 Å². The SMILES string of the molecule is C=CCn1c(SCC(=O)c2ccc(NC(=O)CC(C)C)cc2)nnc1-c1cccc(C)c1. The largest absolute Gasteiger partial charge is 0.326 e. The van der Waals surface area contributed by atoms with E-state index in [9.17, 15) is 9.59 Å². The van der Waals surface area contributed by atoms with Gasteiger partial charge >= 0.3 is 0 Å². The fourth-order valence-electron chi connectivity index (χ4n) is 3.22. The third-order valence-electron chi connectivity index (χ3n) is 4.72. The highest BCUT2D eigenvalue weighted by atomic mass is 32.2. The molecule has 0 aliphatic carbocycles. The van der Waals surface area contributed by atoms with Crippen LogP contribution in [0, 0.1) is 12.8 Å². The molecule has 0 aliphatic heterocycles. The van der Waals surface area contributed by atoms with Gasteiger partial charge in [0.1, 0.15) is 0 Å². The minimum atomic E-state index is -0.0272. The summed E-state index contributed by atoms with van der Waals surface area (Å²) in [5.74, 6) is 1.25. The van der Waals surface area contributed by atoms with Crippen LogP contribution < -0.4 is 5.32 Å². The summed E-state index contributed by atoms with van der Waals surface area (Å²) >= 11 is 1.35. The second-order valence-corrected chi connectivity index (χ2v) is 8.95. The molecule has 3 aromatic rings. The molecule has 0 aliphatic rings. The number of hydrogen-bond acceptors (Lipinski definition) is 5. The molecule has 1 aromatic heterocycles. The second-order valence-electron chi connectivity index (χ2n) is 8.01. The number of hydrogen-bond donors (Lipinski definition) is 1. The molecule has 2 aromatic carbocycles. The Morgan fingerprint density at radius 2 is 1.91 bits per heavy atom. The number of ketones is 1. The Morgan fingerprint density at radius 3 is 2.56 bits per heavy atom. The molecular weight excluding hydrogens is 420 g/mol. The van der Waals surface area contributed by atoms with E-state index in [2.05, 4.69) is 28.2 Å². The van der Waals surface area contributed by atoms with Crippen LogP contribution in [0.1, 0.15) is 36.2 Å². The molecule has 1 amide bonds. The van der Waals surface area contributed by atoms with E-state index >= 15 is 0 Å². The number of amides is 1. The molecule has 0 radical (unpaired) electrons. The average Bonchev–Trinajstić information content (AvgIpc) is 3.15. The monoisotopic (exact) mass is 448 g/mol. The molecule has 1 N–H and O–H groups in total. The van der Waals surface area contributed by atoms with Gasteiger partial charge < -0.3 is 5.32 Å². The van der Waals surface area contributed by atoms with Crippen molar-refractivity contribution in [3.63, 3.8) is 0 Å². The van der Waals surface area contributed by atoms with Crippen LogP contribution in [-0.4, -0.2) is 32.2 Å². The van der Waals surface area contributed by atoms with Gasteiger partial charge in [0.25, 0.3) is 0 Å². The van der Waals surface area contributed by atoms with E-state index in [4.69, 9.17) is 0 Å². The van der Waals surface area contributed by atoms with Gasteiger partial charge in [0, 0.05) is 29.8 Å². The molecule has 0 atom stereocenters. The number of carbonyl (C=O) groups is 2. The summed E-state index contributed by atoms with van der Waals surface area (Å²) in [5.41, 5.74) is 3.40. The Balaban J connectivity index is 1.67. The quantitative estimate of drug-likeness (QED) is 0.255. The van der Waals surface area contributed by atoms with E-state index < -0.39 is 0 Å². The Morgan fingerprint density at radius 1 is 1.16 bits per heavy atom. The second kappa shape index (κ2) is 10.9. The van der Waals surface area contributed by atoms with E-state index in [0.29, 0.717) is 35.3 Å². The molecule has 0 spiro atoms. The molecule has 0 bridgehead atoms. The van der Waals surface area contributed by atoms with E-state index in [-0.39, 0.29) is 17.4 Å². The first kappa shape index (κ1) is 23.5. The zero-order chi connectivity index (χ0) is 23.1. The maximum Gasteiger partial charge on any atom is 0.224 e. The number of nitrogens with one attached hydrogen (secondary N) is 1. The van der Waals surface area contributed by atoms with Crippen LogP contribution in [0.5, 0.6) is 0 Å². The van der Waals surface area contributed by atoms with Crippen molar-refractivity contribution < 1.29 is 9.59 Å². The maximum absolute atomic E-state index is 12.7. The van der Waals surface area contributed by atoms with Gasteiger partial charge in [0.05, 0.1) is 5.75 Å². The molecule has 166 valence electrons. The average molecular weight is 449 g/mol. The lowest BCUT2D eigenvalue weighted by Gasteiger charge is -2.09. The lowest BCUT2D eigenvalue weighted by Crippen LogP contribution is -2.14. The first-order chi connectivity index (χ1) is 15.4. The lowest BCUT2D eigenvalue weighted by atomic mass is 10.1. The van der Waals surface area contributed by atoms with Crippen molar-refractivity contribution in [2.45, 2.75) is 38.9 Å². The Bertz CT molecular complexity index is 1100. The first-order valence-corrected chi connectivity index (χ1v) is 11.5. The minimum Gasteiger partial charge on any atom is -0.326 e. The molecule has 0 fully saturated rings. The summed E-state index contributed by atoms with van der Waals surface area (Å²) in [6.07, 6.45) is 2.26. The minimum absolute atomic E-state index is 0.0136. The number of benzene rings is 2. The van der Waals surface area contributed by atoms with E-state index in [1.54, 1.807) is 30.3 Å². The van der Waals surface area contributed by atoms with E-state index in [0.717, 1.165) is 17.0 Å². The summed E-state index contributed by atoms with van der Waals surface area (Å²) < 4.78 is 1.97. The summed E-state index contributed by atoms with van der Waals surface area (Å²) in [6.45, 7) is 10.4. The van der Waals surface area contributed by atoms with Crippen molar-refractivity contribution in [3.8, 4) is 11.4 Å². The van der Waals surface area contributed by atoms with Crippen LogP contribution in [0.25, 0.3) is 11.4 Å². The van der Waals surface area contributed by atoms with Gasteiger partial charge in [0.15, 0.2) is 16.8 Å². The molecule has 32 heavy (non-hydrogen) atoms. The predicted molar refractivity (Wildman–Crippen MR) is 130 cm³/mol. The molecule has 0 saturated carbocycles. The summed E-state index contributed by atoms with van der Waals surface area (Å²) in [5, 5.41) is 12.2. The zero-order valence-electron chi connectivity index (χ0n) is 18.7. The van der Waals surface area contributed by atoms with Crippen LogP contribution in [0.15, 0.2) is 66.3 Å². The highest BCUT2D eigenvalue weighted by molar-refractivity contribution is 7.99. The number of rotatable bonds is 10. The fraction of sp³-hybridized carbons (Fsp3) is 0.280. The highest BCUT2D eigenvalue weighted by Crippen LogP contribution is 2.25. The van der Waals surface area contributed by atoms with Crippen molar-refractivity contribution in [1.82, 2.24) is 14.8 Å². The van der Waals surface area contributed by atoms with Gasteiger partial charge in [-0.25, -0.2) is 0 Å². The molecule has 7 heteroatoms. The van der Waals surface area contributed by atoms with E-state index in [1.807, 2.05) is 43.5 Å². The number of aromatic nitrogens is 3. The van der Waals surface area contributed by atoms with Crippen LogP contribution in [0.3, 0.4) is 0 Å². The van der Waals surface area contributed by atoms with Crippen LogP contribution in [-0.2, 0) is 11.3 Å². The number of thioether (sulfide) groups is 1. The number of allylic oxidation sites excluding steroid dienone is 1. The predicted octanol–water partition coefficient (Wildman–Crippen LogP) is 5.40.